The second kappa shape index (κ2) is 3.50. The molecule has 2 unspecified atom stereocenters. The van der Waals surface area contributed by atoms with Crippen molar-refractivity contribution in [2.45, 2.75) is 32.7 Å². The summed E-state index contributed by atoms with van der Waals surface area (Å²) in [4.78, 5) is 0. The first-order chi connectivity index (χ1) is 4.02. The summed E-state index contributed by atoms with van der Waals surface area (Å²) in [7, 11) is 4.19. The Bertz CT molecular complexity index is 75.6. The lowest BCUT2D eigenvalue weighted by molar-refractivity contribution is -1.00. The fourth-order valence-corrected chi connectivity index (χ4v) is 1.45. The maximum atomic E-state index is 9.38. The van der Waals surface area contributed by atoms with Gasteiger partial charge in [-0.3, -0.25) is 0 Å². The van der Waals surface area contributed by atoms with E-state index < -0.39 is 0 Å². The first kappa shape index (κ1) is 9.35. The third-order valence-electron chi connectivity index (χ3n) is 1.68. The molecule has 0 aliphatic heterocycles. The van der Waals surface area contributed by atoms with Gasteiger partial charge in [-0.25, -0.2) is 5.21 Å². The fourth-order valence-electron chi connectivity index (χ4n) is 1.03. The van der Waals surface area contributed by atoms with Gasteiger partial charge in [-0.15, -0.1) is 0 Å². The molecule has 0 radical (unpaired) electrons. The minimum atomic E-state index is 0.0208. The van der Waals surface area contributed by atoms with Crippen molar-refractivity contribution < 1.29 is 9.62 Å². The van der Waals surface area contributed by atoms with E-state index >= 15 is 0 Å². The molecule has 0 aromatic carbocycles. The largest absolute Gasteiger partial charge is 0.216 e. The Balaban J connectivity index is 3.79. The predicted octanol–water partition coefficient (Wildman–Crippen LogP) is 1.80. The first-order valence-electron chi connectivity index (χ1n) is 3.39. The van der Waals surface area contributed by atoms with Crippen LogP contribution in [0.1, 0.15) is 26.7 Å². The Morgan fingerprint density at radius 3 is 1.78 bits per heavy atom. The summed E-state index contributed by atoms with van der Waals surface area (Å²) in [6.45, 7) is 4.18. The van der Waals surface area contributed by atoms with Crippen LogP contribution in [0.25, 0.3) is 0 Å². The zero-order valence-electron chi connectivity index (χ0n) is 6.46. The van der Waals surface area contributed by atoms with Crippen LogP contribution >= 0.6 is 9.39 Å². The van der Waals surface area contributed by atoms with Gasteiger partial charge in [0.25, 0.3) is 0 Å². The lowest BCUT2D eigenvalue weighted by Crippen LogP contribution is -2.38. The molecule has 0 aliphatic carbocycles. The van der Waals surface area contributed by atoms with E-state index in [0.29, 0.717) is 6.04 Å². The number of hydrogen-bond acceptors (Lipinski definition) is 1. The summed E-state index contributed by atoms with van der Waals surface area (Å²) in [5.74, 6) is 0. The topological polar surface area (TPSA) is 20.2 Å². The van der Waals surface area contributed by atoms with E-state index in [1.807, 2.05) is 0 Å². The molecule has 2 nitrogen and oxygen atoms in total. The molecule has 0 saturated heterocycles. The van der Waals surface area contributed by atoms with Crippen molar-refractivity contribution in [1.82, 2.24) is 0 Å². The van der Waals surface area contributed by atoms with Crippen molar-refractivity contribution in [3.63, 3.8) is 0 Å². The molecular weight excluding hydrogens is 133 g/mol. The van der Waals surface area contributed by atoms with E-state index in [1.54, 1.807) is 7.05 Å². The lowest BCUT2D eigenvalue weighted by atomic mass is 10.2. The fraction of sp³-hybridized carbons (Fsp3) is 1.00. The summed E-state index contributed by atoms with van der Waals surface area (Å²) in [6.07, 6.45) is 2.04. The Hall–Kier alpha value is 0.350. The highest BCUT2D eigenvalue weighted by atomic mass is 31.0. The van der Waals surface area contributed by atoms with E-state index in [-0.39, 0.29) is 4.42 Å². The normalized spacial score (nSPS) is 18.0. The van der Waals surface area contributed by atoms with E-state index in [1.165, 1.54) is 0 Å². The molecule has 2 atom stereocenters. The predicted molar refractivity (Wildman–Crippen MR) is 42.1 cm³/mol. The third kappa shape index (κ3) is 3.14. The van der Waals surface area contributed by atoms with E-state index in [4.69, 9.17) is 0 Å². The van der Waals surface area contributed by atoms with Crippen LogP contribution in [0.15, 0.2) is 0 Å². The van der Waals surface area contributed by atoms with Gasteiger partial charge in [-0.1, -0.05) is 13.8 Å². The van der Waals surface area contributed by atoms with E-state index in [9.17, 15) is 5.21 Å². The summed E-state index contributed by atoms with van der Waals surface area (Å²) in [5, 5.41) is 9.38. The molecule has 0 aliphatic rings. The Labute approximate surface area is 59.7 Å². The van der Waals surface area contributed by atoms with Gasteiger partial charge in [0.15, 0.2) is 0 Å². The van der Waals surface area contributed by atoms with Gasteiger partial charge in [0.2, 0.25) is 0 Å². The standard InChI is InChI=1S/C6H17NOP/c1-4-6(5-2)7(3,8)9/h6,8H,4-5,9H2,1-3H3/q+1. The van der Waals surface area contributed by atoms with Gasteiger partial charge in [-0.2, -0.15) is 4.42 Å². The molecule has 0 heterocycles. The second-order valence-electron chi connectivity index (χ2n) is 2.57. The zero-order chi connectivity index (χ0) is 7.49. The summed E-state index contributed by atoms with van der Waals surface area (Å²) < 4.78 is 0.0208. The quantitative estimate of drug-likeness (QED) is 0.480. The maximum Gasteiger partial charge on any atom is 0.119 e. The highest BCUT2D eigenvalue weighted by Gasteiger charge is 2.22. The molecule has 3 heteroatoms. The Morgan fingerprint density at radius 2 is 1.78 bits per heavy atom. The molecule has 0 bridgehead atoms. The molecule has 56 valence electrons. The van der Waals surface area contributed by atoms with Crippen LogP contribution < -0.4 is 0 Å². The van der Waals surface area contributed by atoms with Crippen molar-refractivity contribution >= 4 is 9.39 Å². The second-order valence-corrected chi connectivity index (χ2v) is 3.61. The molecule has 0 saturated carbocycles. The van der Waals surface area contributed by atoms with Crippen molar-refractivity contribution in [3.8, 4) is 0 Å². The van der Waals surface area contributed by atoms with Gasteiger partial charge in [0.1, 0.15) is 15.4 Å². The summed E-state index contributed by atoms with van der Waals surface area (Å²) in [5.41, 5.74) is 0. The molecule has 9 heavy (non-hydrogen) atoms. The van der Waals surface area contributed by atoms with Gasteiger partial charge in [0, 0.05) is 0 Å². The van der Waals surface area contributed by atoms with E-state index in [0.717, 1.165) is 12.8 Å². The van der Waals surface area contributed by atoms with Crippen LogP contribution in [0.5, 0.6) is 0 Å². The molecule has 0 rings (SSSR count). The van der Waals surface area contributed by atoms with Gasteiger partial charge in [0.05, 0.1) is 7.05 Å². The van der Waals surface area contributed by atoms with Crippen LogP contribution in [-0.2, 0) is 0 Å². The van der Waals surface area contributed by atoms with Gasteiger partial charge in [-0.05, 0) is 12.8 Å². The van der Waals surface area contributed by atoms with Crippen molar-refractivity contribution in [3.05, 3.63) is 0 Å². The maximum absolute atomic E-state index is 9.38. The van der Waals surface area contributed by atoms with E-state index in [2.05, 4.69) is 23.2 Å². The molecule has 0 amide bonds. The number of hydrogen-bond donors (Lipinski definition) is 1. The van der Waals surface area contributed by atoms with Crippen LogP contribution in [0.2, 0.25) is 0 Å². The Kier molecular flexibility index (Phi) is 3.64. The smallest absolute Gasteiger partial charge is 0.119 e. The van der Waals surface area contributed by atoms with Crippen molar-refractivity contribution in [2.75, 3.05) is 7.05 Å². The van der Waals surface area contributed by atoms with Crippen LogP contribution in [0.4, 0.5) is 0 Å². The lowest BCUT2D eigenvalue weighted by Gasteiger charge is -2.27. The van der Waals surface area contributed by atoms with Crippen LogP contribution in [0.3, 0.4) is 0 Å². The molecule has 1 N–H and O–H groups in total. The van der Waals surface area contributed by atoms with Gasteiger partial charge >= 0.3 is 0 Å². The molecule has 0 spiro atoms. The van der Waals surface area contributed by atoms with Crippen molar-refractivity contribution in [2.24, 2.45) is 0 Å². The minimum absolute atomic E-state index is 0.0208. The molecular formula is C6H17NOP+. The zero-order valence-corrected chi connectivity index (χ0v) is 7.62. The average Bonchev–Trinajstić information content (AvgIpc) is 1.65. The third-order valence-corrected chi connectivity index (χ3v) is 2.10. The number of hydroxylamine groups is 2. The van der Waals surface area contributed by atoms with Gasteiger partial charge < -0.3 is 0 Å². The molecule has 0 aromatic heterocycles. The van der Waals surface area contributed by atoms with Crippen LogP contribution in [0, 0.1) is 0 Å². The highest BCUT2D eigenvalue weighted by molar-refractivity contribution is 7.08. The summed E-state index contributed by atoms with van der Waals surface area (Å²) >= 11 is 0. The average molecular weight is 150 g/mol. The van der Waals surface area contributed by atoms with Crippen molar-refractivity contribution in [1.29, 1.82) is 0 Å². The number of quaternary nitrogens is 1. The molecule has 0 fully saturated rings. The summed E-state index contributed by atoms with van der Waals surface area (Å²) in [6, 6.07) is 0.356. The highest BCUT2D eigenvalue weighted by Crippen LogP contribution is 2.18. The van der Waals surface area contributed by atoms with Crippen LogP contribution in [-0.4, -0.2) is 22.7 Å². The number of nitrogens with zero attached hydrogens (tertiary/aromatic N) is 1. The monoisotopic (exact) mass is 150 g/mol. The molecule has 0 aromatic rings. The first-order valence-corrected chi connectivity index (χ1v) is 3.91. The SMILES string of the molecule is CCC(CC)[N+](C)(O)P. The Morgan fingerprint density at radius 1 is 1.44 bits per heavy atom. The number of rotatable bonds is 3. The minimum Gasteiger partial charge on any atom is -0.216 e.